The predicted molar refractivity (Wildman–Crippen MR) is 158 cm³/mol. The molecule has 0 heterocycles. The van der Waals surface area contributed by atoms with E-state index in [2.05, 4.69) is 4.74 Å². The van der Waals surface area contributed by atoms with Crippen LogP contribution in [0.4, 0.5) is 11.4 Å². The van der Waals surface area contributed by atoms with Crippen LogP contribution in [0.5, 0.6) is 0 Å². The highest BCUT2D eigenvalue weighted by atomic mass is 16.5. The fourth-order valence-corrected chi connectivity index (χ4v) is 4.05. The summed E-state index contributed by atoms with van der Waals surface area (Å²) in [6.45, 7) is 0. The predicted octanol–water partition coefficient (Wildman–Crippen LogP) is 5.90. The quantitative estimate of drug-likeness (QED) is 0.217. The lowest BCUT2D eigenvalue weighted by Crippen LogP contribution is -2.27. The van der Waals surface area contributed by atoms with Gasteiger partial charge in [0.25, 0.3) is 11.8 Å². The van der Waals surface area contributed by atoms with E-state index in [4.69, 9.17) is 5.11 Å². The van der Waals surface area contributed by atoms with Crippen LogP contribution in [-0.4, -0.2) is 50.1 Å². The Hall–Kier alpha value is -5.50. The first-order valence-electron chi connectivity index (χ1n) is 12.6. The highest BCUT2D eigenvalue weighted by Gasteiger charge is 2.17. The molecule has 0 unspecified atom stereocenters. The van der Waals surface area contributed by atoms with E-state index in [1.807, 2.05) is 36.4 Å². The molecule has 1 N–H and O–H groups in total. The van der Waals surface area contributed by atoms with Gasteiger partial charge in [0.15, 0.2) is 0 Å². The van der Waals surface area contributed by atoms with Crippen LogP contribution in [0, 0.1) is 0 Å². The van der Waals surface area contributed by atoms with Crippen LogP contribution >= 0.6 is 0 Å². The summed E-state index contributed by atoms with van der Waals surface area (Å²) in [5.74, 6) is -1.90. The van der Waals surface area contributed by atoms with Crippen molar-refractivity contribution in [2.75, 3.05) is 31.0 Å². The van der Waals surface area contributed by atoms with Crippen LogP contribution in [0.25, 0.3) is 12.2 Å². The maximum atomic E-state index is 13.1. The van der Waals surface area contributed by atoms with Gasteiger partial charge in [0.05, 0.1) is 18.2 Å². The van der Waals surface area contributed by atoms with Crippen LogP contribution in [0.3, 0.4) is 0 Å². The molecular weight excluding hydrogens is 520 g/mol. The molecule has 8 heteroatoms. The number of benzene rings is 4. The van der Waals surface area contributed by atoms with Crippen LogP contribution < -0.4 is 9.80 Å². The van der Waals surface area contributed by atoms with Crippen molar-refractivity contribution < 1.29 is 29.0 Å². The van der Waals surface area contributed by atoms with Crippen molar-refractivity contribution in [2.24, 2.45) is 0 Å². The summed E-state index contributed by atoms with van der Waals surface area (Å²) in [7, 11) is 4.63. The number of rotatable bonds is 8. The molecule has 4 rings (SSSR count). The van der Waals surface area contributed by atoms with Gasteiger partial charge < -0.3 is 19.6 Å². The lowest BCUT2D eigenvalue weighted by atomic mass is 10.1. The van der Waals surface area contributed by atoms with Crippen LogP contribution in [0.1, 0.15) is 52.6 Å². The van der Waals surface area contributed by atoms with E-state index >= 15 is 0 Å². The molecule has 8 nitrogen and oxygen atoms in total. The molecule has 0 aliphatic heterocycles. The average molecular weight is 549 g/mol. The van der Waals surface area contributed by atoms with Crippen molar-refractivity contribution in [2.45, 2.75) is 0 Å². The second-order valence-electron chi connectivity index (χ2n) is 9.20. The molecule has 0 atom stereocenters. The Balaban J connectivity index is 1.39. The molecule has 0 aliphatic carbocycles. The molecule has 0 bridgehead atoms. The van der Waals surface area contributed by atoms with E-state index in [0.29, 0.717) is 28.1 Å². The number of esters is 1. The van der Waals surface area contributed by atoms with Crippen LogP contribution in [0.15, 0.2) is 97.1 Å². The number of methoxy groups -OCH3 is 1. The number of hydrogen-bond acceptors (Lipinski definition) is 5. The zero-order chi connectivity index (χ0) is 29.5. The molecule has 0 saturated heterocycles. The Bertz CT molecular complexity index is 1590. The first kappa shape index (κ1) is 28.5. The third-order valence-corrected chi connectivity index (χ3v) is 6.57. The Labute approximate surface area is 237 Å². The molecule has 4 aromatic rings. The smallest absolute Gasteiger partial charge is 0.337 e. The normalized spacial score (nSPS) is 10.7. The molecule has 0 saturated carbocycles. The first-order valence-corrected chi connectivity index (χ1v) is 12.6. The van der Waals surface area contributed by atoms with Crippen molar-refractivity contribution in [3.8, 4) is 0 Å². The standard InChI is InChI=1S/C33H28N2O6/c1-34(28-18-8-23(9-19-28)5-4-22-6-10-26(11-7-22)32(38)39)31(37)25-16-20-29(21-17-25)35(2)30(36)24-12-14-27(15-13-24)33(40)41-3/h4-21H,1-3H3,(H,38,39)/b5-4+. The molecule has 0 aliphatic rings. The number of nitrogens with zero attached hydrogens (tertiary/aromatic N) is 2. The van der Waals surface area contributed by atoms with Gasteiger partial charge in [-0.2, -0.15) is 0 Å². The van der Waals surface area contributed by atoms with Crippen molar-refractivity contribution >= 4 is 47.3 Å². The van der Waals surface area contributed by atoms with Gasteiger partial charge in [-0.3, -0.25) is 9.59 Å². The van der Waals surface area contributed by atoms with Crippen molar-refractivity contribution in [3.05, 3.63) is 130 Å². The maximum Gasteiger partial charge on any atom is 0.337 e. The largest absolute Gasteiger partial charge is 0.478 e. The molecule has 4 aromatic carbocycles. The van der Waals surface area contributed by atoms with Gasteiger partial charge in [-0.1, -0.05) is 36.4 Å². The van der Waals surface area contributed by atoms with E-state index in [-0.39, 0.29) is 17.4 Å². The maximum absolute atomic E-state index is 13.1. The summed E-state index contributed by atoms with van der Waals surface area (Å²) in [6, 6.07) is 27.0. The number of carboxylic acid groups (broad SMARTS) is 1. The van der Waals surface area contributed by atoms with Gasteiger partial charge in [0, 0.05) is 36.6 Å². The van der Waals surface area contributed by atoms with Crippen molar-refractivity contribution in [1.82, 2.24) is 0 Å². The Kier molecular flexibility index (Phi) is 8.74. The summed E-state index contributed by atoms with van der Waals surface area (Å²) in [5, 5.41) is 9.01. The minimum Gasteiger partial charge on any atom is -0.478 e. The SMILES string of the molecule is COC(=O)c1ccc(C(=O)N(C)c2ccc(C(=O)N(C)c3ccc(/C=C/c4ccc(C(=O)O)cc4)cc3)cc2)cc1. The number of ether oxygens (including phenoxy) is 1. The third kappa shape index (κ3) is 6.75. The third-order valence-electron chi connectivity index (χ3n) is 6.57. The monoisotopic (exact) mass is 548 g/mol. The zero-order valence-corrected chi connectivity index (χ0v) is 22.8. The van der Waals surface area contributed by atoms with Gasteiger partial charge in [0.2, 0.25) is 0 Å². The number of amides is 2. The topological polar surface area (TPSA) is 104 Å². The second-order valence-corrected chi connectivity index (χ2v) is 9.20. The van der Waals surface area contributed by atoms with Gasteiger partial charge >= 0.3 is 11.9 Å². The van der Waals surface area contributed by atoms with E-state index in [9.17, 15) is 19.2 Å². The fourth-order valence-electron chi connectivity index (χ4n) is 4.05. The lowest BCUT2D eigenvalue weighted by molar-refractivity contribution is 0.0599. The Morgan fingerprint density at radius 2 is 0.902 bits per heavy atom. The van der Waals surface area contributed by atoms with Crippen molar-refractivity contribution in [1.29, 1.82) is 0 Å². The highest BCUT2D eigenvalue weighted by molar-refractivity contribution is 6.08. The van der Waals surface area contributed by atoms with E-state index < -0.39 is 11.9 Å². The number of aromatic carboxylic acids is 1. The summed E-state index contributed by atoms with van der Waals surface area (Å²) in [4.78, 5) is 51.7. The minimum atomic E-state index is -0.964. The van der Waals surface area contributed by atoms with Crippen molar-refractivity contribution in [3.63, 3.8) is 0 Å². The summed E-state index contributed by atoms with van der Waals surface area (Å²) in [6.07, 6.45) is 3.79. The fraction of sp³-hybridized carbons (Fsp3) is 0.0909. The number of hydrogen-bond donors (Lipinski definition) is 1. The van der Waals surface area contributed by atoms with E-state index in [1.54, 1.807) is 79.7 Å². The summed E-state index contributed by atoms with van der Waals surface area (Å²) < 4.78 is 4.69. The molecule has 2 amide bonds. The van der Waals surface area contributed by atoms with Gasteiger partial charge in [-0.15, -0.1) is 0 Å². The summed E-state index contributed by atoms with van der Waals surface area (Å²) >= 11 is 0. The molecular formula is C33H28N2O6. The number of carbonyl (C=O) groups is 4. The van der Waals surface area contributed by atoms with Crippen LogP contribution in [0.2, 0.25) is 0 Å². The minimum absolute atomic E-state index is 0.203. The van der Waals surface area contributed by atoms with Crippen LogP contribution in [-0.2, 0) is 4.74 Å². The lowest BCUT2D eigenvalue weighted by Gasteiger charge is -2.20. The van der Waals surface area contributed by atoms with Gasteiger partial charge in [0.1, 0.15) is 0 Å². The first-order chi connectivity index (χ1) is 19.7. The molecule has 41 heavy (non-hydrogen) atoms. The Morgan fingerprint density at radius 3 is 1.32 bits per heavy atom. The van der Waals surface area contributed by atoms with E-state index in [0.717, 1.165) is 11.1 Å². The molecule has 0 aromatic heterocycles. The van der Waals surface area contributed by atoms with E-state index in [1.165, 1.54) is 24.1 Å². The second kappa shape index (κ2) is 12.6. The molecule has 0 radical (unpaired) electrons. The zero-order valence-electron chi connectivity index (χ0n) is 22.8. The number of carboxylic acids is 1. The molecule has 0 spiro atoms. The highest BCUT2D eigenvalue weighted by Crippen LogP contribution is 2.21. The molecule has 0 fully saturated rings. The summed E-state index contributed by atoms with van der Waals surface area (Å²) in [5.41, 5.74) is 4.59. The average Bonchev–Trinajstić information content (AvgIpc) is 3.02. The number of carbonyl (C=O) groups excluding carboxylic acids is 3. The number of anilines is 2. The van der Waals surface area contributed by atoms with Gasteiger partial charge in [-0.25, -0.2) is 9.59 Å². The molecule has 206 valence electrons. The Morgan fingerprint density at radius 1 is 0.561 bits per heavy atom. The van der Waals surface area contributed by atoms with Gasteiger partial charge in [-0.05, 0) is 83.9 Å².